The summed E-state index contributed by atoms with van der Waals surface area (Å²) in [5.74, 6) is -1.60. The van der Waals surface area contributed by atoms with Crippen LogP contribution in [0.25, 0.3) is 10.9 Å². The molecule has 3 aliphatic rings. The van der Waals surface area contributed by atoms with Crippen LogP contribution in [-0.4, -0.2) is 60.7 Å². The number of likely N-dealkylation sites (tertiary alicyclic amines) is 1. The summed E-state index contributed by atoms with van der Waals surface area (Å²) in [6.07, 6.45) is 3.08. The second kappa shape index (κ2) is 7.59. The van der Waals surface area contributed by atoms with Crippen LogP contribution in [0, 0.1) is 12.8 Å². The van der Waals surface area contributed by atoms with Gasteiger partial charge in [-0.1, -0.05) is 30.3 Å². The molecule has 3 aromatic rings. The summed E-state index contributed by atoms with van der Waals surface area (Å²) in [5, 5.41) is 16.9. The Bertz CT molecular complexity index is 1370. The number of carbonyl (C=O) groups is 3. The summed E-state index contributed by atoms with van der Waals surface area (Å²) in [6.45, 7) is 1.54. The lowest BCUT2D eigenvalue weighted by Crippen LogP contribution is -2.50. The van der Waals surface area contributed by atoms with E-state index in [0.717, 1.165) is 6.42 Å². The van der Waals surface area contributed by atoms with Gasteiger partial charge in [0, 0.05) is 23.5 Å². The average Bonchev–Trinajstić information content (AvgIpc) is 3.65. The fourth-order valence-corrected chi connectivity index (χ4v) is 5.42. The molecule has 2 saturated carbocycles. The predicted octanol–water partition coefficient (Wildman–Crippen LogP) is 2.18. The summed E-state index contributed by atoms with van der Waals surface area (Å²) in [7, 11) is 0. The van der Waals surface area contributed by atoms with Crippen molar-refractivity contribution in [3.63, 3.8) is 0 Å². The molecule has 1 aliphatic heterocycles. The number of nitrogens with one attached hydrogen (secondary N) is 1. The second-order valence-corrected chi connectivity index (χ2v) is 9.76. The number of hydrogen-bond donors (Lipinski definition) is 2. The molecule has 5 atom stereocenters. The minimum atomic E-state index is -1.58. The number of alkyl halides is 1. The van der Waals surface area contributed by atoms with E-state index in [2.05, 4.69) is 15.4 Å². The molecule has 2 amide bonds. The molecule has 9 nitrogen and oxygen atoms in total. The van der Waals surface area contributed by atoms with Crippen molar-refractivity contribution in [1.29, 1.82) is 0 Å². The highest BCUT2D eigenvalue weighted by atomic mass is 19.1. The molecule has 0 unspecified atom stereocenters. The molecule has 35 heavy (non-hydrogen) atoms. The molecule has 10 heteroatoms. The van der Waals surface area contributed by atoms with Gasteiger partial charge in [0.25, 0.3) is 0 Å². The Balaban J connectivity index is 1.20. The van der Waals surface area contributed by atoms with Gasteiger partial charge in [0.05, 0.1) is 17.8 Å². The maximum Gasteiger partial charge on any atom is 0.357 e. The Morgan fingerprint density at radius 3 is 2.74 bits per heavy atom. The van der Waals surface area contributed by atoms with Gasteiger partial charge in [-0.2, -0.15) is 5.10 Å². The zero-order valence-corrected chi connectivity index (χ0v) is 19.0. The van der Waals surface area contributed by atoms with E-state index in [0.29, 0.717) is 28.6 Å². The van der Waals surface area contributed by atoms with Crippen molar-refractivity contribution < 1.29 is 23.9 Å². The van der Waals surface area contributed by atoms with Crippen LogP contribution >= 0.6 is 0 Å². The third-order valence-corrected chi connectivity index (χ3v) is 7.42. The molecule has 3 heterocycles. The predicted molar refractivity (Wildman–Crippen MR) is 122 cm³/mol. The highest BCUT2D eigenvalue weighted by Gasteiger charge is 2.60. The highest BCUT2D eigenvalue weighted by Crippen LogP contribution is 2.51. The highest BCUT2D eigenvalue weighted by molar-refractivity contribution is 6.01. The number of carbonyl (C=O) groups excluding carboxylic acids is 2. The van der Waals surface area contributed by atoms with E-state index < -0.39 is 23.7 Å². The zero-order chi connectivity index (χ0) is 24.5. The van der Waals surface area contributed by atoms with Gasteiger partial charge in [0.15, 0.2) is 11.4 Å². The molecule has 2 N–H and O–H groups in total. The number of carboxylic acids is 1. The molecule has 6 rings (SSSR count). The summed E-state index contributed by atoms with van der Waals surface area (Å²) in [4.78, 5) is 43.9. The van der Waals surface area contributed by atoms with Gasteiger partial charge in [0.1, 0.15) is 12.6 Å². The largest absolute Gasteiger partial charge is 0.476 e. The summed E-state index contributed by atoms with van der Waals surface area (Å²) >= 11 is 0. The summed E-state index contributed by atoms with van der Waals surface area (Å²) < 4.78 is 16.6. The maximum atomic E-state index is 15.3. The quantitative estimate of drug-likeness (QED) is 0.562. The fourth-order valence-electron chi connectivity index (χ4n) is 5.42. The van der Waals surface area contributed by atoms with Crippen molar-refractivity contribution in [3.05, 3.63) is 59.5 Å². The standard InChI is InChI=1S/C25H24FN5O4/c1-13-7-16-19(11-27-13)30(29-22(16)24(34)35)12-21(32)31-17-8-14(17)9-18(31)23(33)28-20-10-25(20,26)15-5-3-2-4-6-15/h2-7,11,14,17-18,20H,8-10,12H2,1H3,(H,28,33)(H,34,35)/t14-,17-,18+,20+,25+/m1/s1. The average molecular weight is 477 g/mol. The lowest BCUT2D eigenvalue weighted by atomic mass is 10.1. The molecular weight excluding hydrogens is 453 g/mol. The van der Waals surface area contributed by atoms with Crippen molar-refractivity contribution in [3.8, 4) is 0 Å². The first-order valence-electron chi connectivity index (χ1n) is 11.7. The van der Waals surface area contributed by atoms with Crippen molar-refractivity contribution >= 4 is 28.7 Å². The van der Waals surface area contributed by atoms with Gasteiger partial charge in [-0.15, -0.1) is 0 Å². The Labute approximate surface area is 199 Å². The number of benzene rings is 1. The molecule has 1 aromatic carbocycles. The van der Waals surface area contributed by atoms with E-state index in [1.807, 2.05) is 6.07 Å². The number of fused-ring (bicyclic) bond motifs is 2. The Morgan fingerprint density at radius 1 is 1.23 bits per heavy atom. The van der Waals surface area contributed by atoms with Crippen molar-refractivity contribution in [2.45, 2.75) is 56.5 Å². The molecule has 180 valence electrons. The number of aryl methyl sites for hydroxylation is 1. The van der Waals surface area contributed by atoms with Gasteiger partial charge in [-0.3, -0.25) is 19.3 Å². The number of hydrogen-bond acceptors (Lipinski definition) is 5. The molecule has 2 aliphatic carbocycles. The third kappa shape index (κ3) is 3.55. The van der Waals surface area contributed by atoms with Crippen molar-refractivity contribution in [1.82, 2.24) is 25.0 Å². The van der Waals surface area contributed by atoms with Crippen LogP contribution in [0.5, 0.6) is 0 Å². The molecule has 0 bridgehead atoms. The first-order valence-corrected chi connectivity index (χ1v) is 11.7. The van der Waals surface area contributed by atoms with E-state index in [4.69, 9.17) is 0 Å². The smallest absolute Gasteiger partial charge is 0.357 e. The van der Waals surface area contributed by atoms with Crippen LogP contribution in [0.3, 0.4) is 0 Å². The minimum Gasteiger partial charge on any atom is -0.476 e. The number of carboxylic acid groups (broad SMARTS) is 1. The fraction of sp³-hybridized carbons (Fsp3) is 0.400. The number of aromatic nitrogens is 3. The van der Waals surface area contributed by atoms with Gasteiger partial charge in [-0.25, -0.2) is 9.18 Å². The van der Waals surface area contributed by atoms with E-state index in [-0.39, 0.29) is 42.4 Å². The topological polar surface area (TPSA) is 117 Å². The van der Waals surface area contributed by atoms with Gasteiger partial charge in [-0.05, 0) is 37.3 Å². The van der Waals surface area contributed by atoms with E-state index >= 15 is 4.39 Å². The van der Waals surface area contributed by atoms with Crippen LogP contribution in [0.2, 0.25) is 0 Å². The lowest BCUT2D eigenvalue weighted by Gasteiger charge is -2.27. The molecule has 1 saturated heterocycles. The van der Waals surface area contributed by atoms with Crippen molar-refractivity contribution in [2.75, 3.05) is 0 Å². The number of piperidine rings is 1. The third-order valence-electron chi connectivity index (χ3n) is 7.42. The van der Waals surface area contributed by atoms with Crippen LogP contribution in [0.4, 0.5) is 4.39 Å². The number of pyridine rings is 1. The molecule has 3 fully saturated rings. The second-order valence-electron chi connectivity index (χ2n) is 9.76. The number of nitrogens with zero attached hydrogens (tertiary/aromatic N) is 4. The first kappa shape index (κ1) is 21.7. The van der Waals surface area contributed by atoms with Crippen LogP contribution < -0.4 is 5.32 Å². The SMILES string of the molecule is Cc1cc2c(C(=O)O)nn(CC(=O)N3[C@@H]4C[C@@H]4C[C@H]3C(=O)N[C@H]3C[C@]3(F)c3ccccc3)c2cn1. The van der Waals surface area contributed by atoms with Crippen LogP contribution in [-0.2, 0) is 21.8 Å². The normalized spacial score (nSPS) is 28.6. The molecule has 0 spiro atoms. The van der Waals surface area contributed by atoms with Crippen LogP contribution in [0.15, 0.2) is 42.6 Å². The van der Waals surface area contributed by atoms with Gasteiger partial charge >= 0.3 is 5.97 Å². The van der Waals surface area contributed by atoms with Crippen molar-refractivity contribution in [2.24, 2.45) is 5.92 Å². The molecule has 0 radical (unpaired) electrons. The van der Waals surface area contributed by atoms with Gasteiger partial charge in [0.2, 0.25) is 11.8 Å². The number of amides is 2. The van der Waals surface area contributed by atoms with Gasteiger partial charge < -0.3 is 15.3 Å². The minimum absolute atomic E-state index is 0.0251. The zero-order valence-electron chi connectivity index (χ0n) is 19.0. The Hall–Kier alpha value is -3.82. The van der Waals surface area contributed by atoms with E-state index in [1.54, 1.807) is 42.2 Å². The first-order chi connectivity index (χ1) is 16.8. The maximum absolute atomic E-state index is 15.3. The summed E-state index contributed by atoms with van der Waals surface area (Å²) in [6, 6.07) is 9.09. The lowest BCUT2D eigenvalue weighted by molar-refractivity contribution is -0.140. The van der Waals surface area contributed by atoms with Crippen LogP contribution in [0.1, 0.15) is 41.0 Å². The summed E-state index contributed by atoms with van der Waals surface area (Å²) in [5.41, 5.74) is -0.109. The number of rotatable bonds is 6. The Morgan fingerprint density at radius 2 is 2.00 bits per heavy atom. The monoisotopic (exact) mass is 477 g/mol. The number of halogens is 1. The molecular formula is C25H24FN5O4. The Kier molecular flexibility index (Phi) is 4.71. The van der Waals surface area contributed by atoms with E-state index in [1.165, 1.54) is 10.9 Å². The molecule has 2 aromatic heterocycles. The van der Waals surface area contributed by atoms with E-state index in [9.17, 15) is 19.5 Å². The number of aromatic carboxylic acids is 1.